The van der Waals surface area contributed by atoms with Crippen LogP contribution in [0.2, 0.25) is 0 Å². The Hall–Kier alpha value is -0.560. The van der Waals surface area contributed by atoms with E-state index in [1.165, 1.54) is 0 Å². The Labute approximate surface area is 131 Å². The number of sulfonamides is 1. The maximum absolute atomic E-state index is 12.9. The molecule has 1 aliphatic rings. The van der Waals surface area contributed by atoms with Crippen molar-refractivity contribution in [1.82, 2.24) is 4.31 Å². The summed E-state index contributed by atoms with van der Waals surface area (Å²) in [6.07, 6.45) is 2.79. The molecule has 1 saturated heterocycles. The van der Waals surface area contributed by atoms with Gasteiger partial charge in [-0.1, -0.05) is 17.7 Å². The van der Waals surface area contributed by atoms with Crippen LogP contribution in [0, 0.1) is 6.92 Å². The zero-order valence-corrected chi connectivity index (χ0v) is 14.4. The molecule has 4 nitrogen and oxygen atoms in total. The summed E-state index contributed by atoms with van der Waals surface area (Å²) >= 11 is 1.73. The summed E-state index contributed by atoms with van der Waals surface area (Å²) in [5, 5.41) is 0. The van der Waals surface area contributed by atoms with Crippen molar-refractivity contribution in [3.8, 4) is 0 Å². The molecule has 0 aliphatic carbocycles. The van der Waals surface area contributed by atoms with Crippen LogP contribution in [0.3, 0.4) is 0 Å². The third kappa shape index (κ3) is 4.00. The standard InChI is InChI=1S/C15H23NO3S2/c1-12-4-6-15(7-5-12)21(17,18)16-10-13(2)19-11-14(16)8-9-20-3/h4-7,13-14H,8-11H2,1-3H3/t13-,14-/m0/s1. The van der Waals surface area contributed by atoms with Crippen molar-refractivity contribution in [1.29, 1.82) is 0 Å². The Bertz CT molecular complexity index is 555. The van der Waals surface area contributed by atoms with Gasteiger partial charge in [0.05, 0.1) is 17.6 Å². The second-order valence-corrected chi connectivity index (χ2v) is 8.34. The first-order chi connectivity index (χ1) is 9.95. The van der Waals surface area contributed by atoms with E-state index in [0.29, 0.717) is 18.0 Å². The van der Waals surface area contributed by atoms with E-state index in [-0.39, 0.29) is 12.1 Å². The van der Waals surface area contributed by atoms with E-state index in [1.807, 2.05) is 32.2 Å². The molecule has 0 unspecified atom stereocenters. The molecule has 2 atom stereocenters. The molecule has 2 rings (SSSR count). The summed E-state index contributed by atoms with van der Waals surface area (Å²) in [7, 11) is -3.45. The van der Waals surface area contributed by atoms with Crippen molar-refractivity contribution in [3.63, 3.8) is 0 Å². The number of rotatable bonds is 5. The highest BCUT2D eigenvalue weighted by molar-refractivity contribution is 7.98. The second kappa shape index (κ2) is 7.13. The van der Waals surface area contributed by atoms with Gasteiger partial charge in [0.2, 0.25) is 10.0 Å². The minimum absolute atomic E-state index is 0.0595. The monoisotopic (exact) mass is 329 g/mol. The number of morpholine rings is 1. The van der Waals surface area contributed by atoms with Gasteiger partial charge in [-0.15, -0.1) is 0 Å². The van der Waals surface area contributed by atoms with Gasteiger partial charge in [-0.05, 0) is 44.4 Å². The van der Waals surface area contributed by atoms with Crippen LogP contribution in [0.5, 0.6) is 0 Å². The van der Waals surface area contributed by atoms with Crippen molar-refractivity contribution in [3.05, 3.63) is 29.8 Å². The highest BCUT2D eigenvalue weighted by Crippen LogP contribution is 2.25. The van der Waals surface area contributed by atoms with E-state index in [9.17, 15) is 8.42 Å². The number of hydrogen-bond donors (Lipinski definition) is 0. The third-order valence-electron chi connectivity index (χ3n) is 3.70. The largest absolute Gasteiger partial charge is 0.375 e. The summed E-state index contributed by atoms with van der Waals surface area (Å²) in [5.74, 6) is 0.933. The predicted octanol–water partition coefficient (Wildman–Crippen LogP) is 2.53. The van der Waals surface area contributed by atoms with Crippen LogP contribution in [0.25, 0.3) is 0 Å². The molecule has 0 amide bonds. The van der Waals surface area contributed by atoms with Gasteiger partial charge in [-0.3, -0.25) is 0 Å². The summed E-state index contributed by atoms with van der Waals surface area (Å²) in [6, 6.07) is 6.99. The first-order valence-electron chi connectivity index (χ1n) is 7.14. The lowest BCUT2D eigenvalue weighted by atomic mass is 10.2. The Morgan fingerprint density at radius 2 is 2.00 bits per heavy atom. The van der Waals surface area contributed by atoms with Crippen molar-refractivity contribution < 1.29 is 13.2 Å². The summed E-state index contributed by atoms with van der Waals surface area (Å²) in [4.78, 5) is 0.372. The average molecular weight is 329 g/mol. The molecule has 1 heterocycles. The quantitative estimate of drug-likeness (QED) is 0.833. The van der Waals surface area contributed by atoms with Gasteiger partial charge in [0.25, 0.3) is 0 Å². The summed E-state index contributed by atoms with van der Waals surface area (Å²) in [5.41, 5.74) is 1.06. The molecular formula is C15H23NO3S2. The predicted molar refractivity (Wildman–Crippen MR) is 87.3 cm³/mol. The molecule has 0 aromatic heterocycles. The minimum Gasteiger partial charge on any atom is -0.375 e. The van der Waals surface area contributed by atoms with Crippen LogP contribution >= 0.6 is 11.8 Å². The molecule has 1 aliphatic heterocycles. The number of aryl methyl sites for hydroxylation is 1. The van der Waals surface area contributed by atoms with Crippen molar-refractivity contribution in [2.75, 3.05) is 25.2 Å². The van der Waals surface area contributed by atoms with E-state index >= 15 is 0 Å². The van der Waals surface area contributed by atoms with Gasteiger partial charge in [0.15, 0.2) is 0 Å². The number of benzene rings is 1. The van der Waals surface area contributed by atoms with Crippen molar-refractivity contribution in [2.24, 2.45) is 0 Å². The van der Waals surface area contributed by atoms with E-state index < -0.39 is 10.0 Å². The molecule has 0 radical (unpaired) electrons. The molecule has 118 valence electrons. The van der Waals surface area contributed by atoms with Gasteiger partial charge in [0, 0.05) is 12.6 Å². The zero-order valence-electron chi connectivity index (χ0n) is 12.8. The van der Waals surface area contributed by atoms with Crippen LogP contribution in [-0.2, 0) is 14.8 Å². The van der Waals surface area contributed by atoms with E-state index in [4.69, 9.17) is 4.74 Å². The Morgan fingerprint density at radius 1 is 1.33 bits per heavy atom. The Kier molecular flexibility index (Phi) is 5.71. The number of nitrogens with zero attached hydrogens (tertiary/aromatic N) is 1. The van der Waals surface area contributed by atoms with E-state index in [1.54, 1.807) is 28.2 Å². The maximum atomic E-state index is 12.9. The maximum Gasteiger partial charge on any atom is 0.243 e. The fourth-order valence-electron chi connectivity index (χ4n) is 2.43. The van der Waals surface area contributed by atoms with Gasteiger partial charge >= 0.3 is 0 Å². The van der Waals surface area contributed by atoms with Gasteiger partial charge < -0.3 is 4.74 Å². The Balaban J connectivity index is 2.27. The fourth-order valence-corrected chi connectivity index (χ4v) is 4.66. The minimum atomic E-state index is -3.45. The third-order valence-corrected chi connectivity index (χ3v) is 6.28. The molecule has 0 bridgehead atoms. The van der Waals surface area contributed by atoms with Crippen LogP contribution in [0.4, 0.5) is 0 Å². The molecule has 0 saturated carbocycles. The highest BCUT2D eigenvalue weighted by atomic mass is 32.2. The molecule has 1 aromatic carbocycles. The molecule has 0 N–H and O–H groups in total. The smallest absolute Gasteiger partial charge is 0.243 e. The SMILES string of the molecule is CSCC[C@H]1CO[C@@H](C)CN1S(=O)(=O)c1ccc(C)cc1. The van der Waals surface area contributed by atoms with Crippen molar-refractivity contribution >= 4 is 21.8 Å². The van der Waals surface area contributed by atoms with Crippen molar-refractivity contribution in [2.45, 2.75) is 37.3 Å². The molecule has 1 aromatic rings. The first-order valence-corrected chi connectivity index (χ1v) is 9.97. The zero-order chi connectivity index (χ0) is 15.5. The molecular weight excluding hydrogens is 306 g/mol. The molecule has 21 heavy (non-hydrogen) atoms. The number of ether oxygens (including phenoxy) is 1. The number of hydrogen-bond acceptors (Lipinski definition) is 4. The van der Waals surface area contributed by atoms with Crippen LogP contribution in [0.15, 0.2) is 29.2 Å². The molecule has 6 heteroatoms. The van der Waals surface area contributed by atoms with E-state index in [0.717, 1.165) is 17.7 Å². The fraction of sp³-hybridized carbons (Fsp3) is 0.600. The summed E-state index contributed by atoms with van der Waals surface area (Å²) in [6.45, 7) is 4.78. The van der Waals surface area contributed by atoms with Gasteiger partial charge in [-0.25, -0.2) is 8.42 Å². The lowest BCUT2D eigenvalue weighted by Gasteiger charge is -2.37. The van der Waals surface area contributed by atoms with Crippen LogP contribution < -0.4 is 0 Å². The van der Waals surface area contributed by atoms with Gasteiger partial charge in [0.1, 0.15) is 0 Å². The number of thioether (sulfide) groups is 1. The van der Waals surface area contributed by atoms with Crippen LogP contribution in [0.1, 0.15) is 18.9 Å². The van der Waals surface area contributed by atoms with Crippen LogP contribution in [-0.4, -0.2) is 50.0 Å². The highest BCUT2D eigenvalue weighted by Gasteiger charge is 2.36. The lowest BCUT2D eigenvalue weighted by Crippen LogP contribution is -2.51. The average Bonchev–Trinajstić information content (AvgIpc) is 2.46. The van der Waals surface area contributed by atoms with Gasteiger partial charge in [-0.2, -0.15) is 16.1 Å². The lowest BCUT2D eigenvalue weighted by molar-refractivity contribution is -0.0227. The Morgan fingerprint density at radius 3 is 2.62 bits per heavy atom. The van der Waals surface area contributed by atoms with E-state index in [2.05, 4.69) is 0 Å². The first kappa shape index (κ1) is 16.8. The molecule has 0 spiro atoms. The summed E-state index contributed by atoms with van der Waals surface area (Å²) < 4.78 is 33.0. The normalized spacial score (nSPS) is 24.1. The molecule has 1 fully saturated rings. The topological polar surface area (TPSA) is 46.6 Å². The second-order valence-electron chi connectivity index (χ2n) is 5.47.